The summed E-state index contributed by atoms with van der Waals surface area (Å²) in [4.78, 5) is 0. The highest BCUT2D eigenvalue weighted by atomic mass is 16.7. The number of phenols is 2. The number of rotatable bonds is 9. The quantitative estimate of drug-likeness (QED) is 0.112. The van der Waals surface area contributed by atoms with Crippen LogP contribution in [0.1, 0.15) is 85.5 Å². The van der Waals surface area contributed by atoms with Crippen LogP contribution in [0.4, 0.5) is 0 Å². The van der Waals surface area contributed by atoms with Crippen molar-refractivity contribution in [2.24, 2.45) is 0 Å². The molecule has 0 aliphatic carbocycles. The summed E-state index contributed by atoms with van der Waals surface area (Å²) < 4.78 is 35.7. The SMILES string of the molecule is Cc1cc2c(C(C)C)c(O[C@@H]3O[C@H](CO)[C@@H](O)[C@H](O)[C@H]3O)c(O)c3c2c(c1-c1c(C)cc2c(C(C)C)c(O)c(O[C@@H]4O[C@H](CO)[C@@H](O)[C@H](O)[C@H]4O)c4c2c1OC4O)OC3O. The molecule has 0 spiro atoms. The molecule has 0 aromatic heterocycles. The largest absolute Gasteiger partial charge is 0.504 e. The summed E-state index contributed by atoms with van der Waals surface area (Å²) >= 11 is 0. The molecular formula is C42H50O18. The number of hydrogen-bond acceptors (Lipinski definition) is 18. The van der Waals surface area contributed by atoms with E-state index in [1.54, 1.807) is 26.0 Å². The number of aliphatic hydroxyl groups excluding tert-OH is 10. The second kappa shape index (κ2) is 15.3. The van der Waals surface area contributed by atoms with Crippen molar-refractivity contribution in [1.82, 2.24) is 0 Å². The van der Waals surface area contributed by atoms with Crippen molar-refractivity contribution in [3.05, 3.63) is 45.5 Å². The van der Waals surface area contributed by atoms with Crippen LogP contribution >= 0.6 is 0 Å². The Labute approximate surface area is 342 Å². The molecule has 326 valence electrons. The number of phenolic OH excluding ortho intramolecular Hbond substituents is 2. The van der Waals surface area contributed by atoms with Gasteiger partial charge in [0.15, 0.2) is 23.0 Å². The summed E-state index contributed by atoms with van der Waals surface area (Å²) in [6.45, 7) is 9.42. The van der Waals surface area contributed by atoms with Crippen molar-refractivity contribution >= 4 is 21.5 Å². The van der Waals surface area contributed by atoms with Crippen molar-refractivity contribution in [3.8, 4) is 45.6 Å². The fourth-order valence-electron chi connectivity index (χ4n) is 9.15. The minimum absolute atomic E-state index is 0.0358. The van der Waals surface area contributed by atoms with Gasteiger partial charge in [0.2, 0.25) is 25.2 Å². The number of hydrogen-bond donors (Lipinski definition) is 12. The van der Waals surface area contributed by atoms with Crippen molar-refractivity contribution in [2.75, 3.05) is 13.2 Å². The molecule has 12 atom stereocenters. The number of benzene rings is 4. The summed E-state index contributed by atoms with van der Waals surface area (Å²) in [6.07, 6.45) is -20.0. The van der Waals surface area contributed by atoms with Crippen molar-refractivity contribution in [1.29, 1.82) is 0 Å². The molecule has 0 amide bonds. The maximum absolute atomic E-state index is 11.9. The Morgan fingerprint density at radius 2 is 0.967 bits per heavy atom. The summed E-state index contributed by atoms with van der Waals surface area (Å²) in [5, 5.41) is 131. The fourth-order valence-corrected chi connectivity index (χ4v) is 9.15. The zero-order chi connectivity index (χ0) is 43.5. The lowest BCUT2D eigenvalue weighted by Crippen LogP contribution is -2.60. The Balaban J connectivity index is 1.33. The average Bonchev–Trinajstić information content (AvgIpc) is 3.72. The molecule has 60 heavy (non-hydrogen) atoms. The highest BCUT2D eigenvalue weighted by Crippen LogP contribution is 2.61. The number of aliphatic hydroxyl groups is 10. The molecule has 2 saturated heterocycles. The van der Waals surface area contributed by atoms with Gasteiger partial charge in [-0.1, -0.05) is 39.8 Å². The molecule has 4 aliphatic heterocycles. The van der Waals surface area contributed by atoms with E-state index in [1.807, 2.05) is 27.7 Å². The molecule has 12 N–H and O–H groups in total. The van der Waals surface area contributed by atoms with E-state index < -0.39 is 98.7 Å². The highest BCUT2D eigenvalue weighted by molar-refractivity contribution is 6.10. The van der Waals surface area contributed by atoms with E-state index >= 15 is 0 Å². The number of aryl methyl sites for hydroxylation is 2. The lowest BCUT2D eigenvalue weighted by atomic mass is 9.84. The Morgan fingerprint density at radius 3 is 1.42 bits per heavy atom. The minimum atomic E-state index is -1.84. The van der Waals surface area contributed by atoms with Crippen LogP contribution in [0.15, 0.2) is 12.1 Å². The van der Waals surface area contributed by atoms with Gasteiger partial charge in [-0.3, -0.25) is 0 Å². The van der Waals surface area contributed by atoms with E-state index in [2.05, 4.69) is 0 Å². The average molecular weight is 843 g/mol. The smallest absolute Gasteiger partial charge is 0.229 e. The second-order valence-corrected chi connectivity index (χ2v) is 16.5. The van der Waals surface area contributed by atoms with Crippen LogP contribution in [0.5, 0.6) is 34.5 Å². The van der Waals surface area contributed by atoms with Gasteiger partial charge in [0.05, 0.1) is 24.3 Å². The number of aromatic hydroxyl groups is 2. The molecule has 4 aromatic rings. The fraction of sp³-hybridized carbons (Fsp3) is 0.524. The highest BCUT2D eigenvalue weighted by Gasteiger charge is 2.48. The van der Waals surface area contributed by atoms with Gasteiger partial charge in [0, 0.05) is 33.0 Å². The Kier molecular flexibility index (Phi) is 10.8. The first-order chi connectivity index (χ1) is 28.3. The molecule has 4 aliphatic rings. The third-order valence-corrected chi connectivity index (χ3v) is 12.0. The lowest BCUT2D eigenvalue weighted by Gasteiger charge is -2.40. The van der Waals surface area contributed by atoms with E-state index in [1.165, 1.54) is 0 Å². The topological polar surface area (TPSA) is 298 Å². The molecular weight excluding hydrogens is 792 g/mol. The number of ether oxygens (including phenoxy) is 6. The van der Waals surface area contributed by atoms with Crippen LogP contribution in [-0.4, -0.2) is 136 Å². The minimum Gasteiger partial charge on any atom is -0.504 e. The van der Waals surface area contributed by atoms with Gasteiger partial charge in [-0.2, -0.15) is 0 Å². The zero-order valence-corrected chi connectivity index (χ0v) is 33.5. The Hall–Kier alpha value is -4.28. The molecule has 18 nitrogen and oxygen atoms in total. The summed E-state index contributed by atoms with van der Waals surface area (Å²) in [5.41, 5.74) is 2.70. The van der Waals surface area contributed by atoms with Gasteiger partial charge in [-0.05, 0) is 47.6 Å². The summed E-state index contributed by atoms with van der Waals surface area (Å²) in [6, 6.07) is 3.59. The van der Waals surface area contributed by atoms with E-state index in [-0.39, 0.29) is 46.0 Å². The van der Waals surface area contributed by atoms with Crippen LogP contribution in [-0.2, 0) is 9.47 Å². The van der Waals surface area contributed by atoms with Gasteiger partial charge in [0.25, 0.3) is 0 Å². The third-order valence-electron chi connectivity index (χ3n) is 12.0. The van der Waals surface area contributed by atoms with Crippen LogP contribution in [0, 0.1) is 13.8 Å². The van der Waals surface area contributed by atoms with Crippen molar-refractivity contribution in [2.45, 2.75) is 127 Å². The molecule has 2 unspecified atom stereocenters. The van der Waals surface area contributed by atoms with Gasteiger partial charge in [0.1, 0.15) is 60.3 Å². The standard InChI is InChI=1S/C42H50O18/c1-11(2)19-15-7-13(5)22(36-24(15)26(40(54)58-36)38(29(19)47)60-42-34(52)32(50)28(46)18(10-44)56-42)21-14(6)8-16-20(12(3)4)37(30(48)25-23(16)35(21)57-39(25)53)59-41-33(51)31(49)27(45)17(9-43)55-41/h7-8,11-12,17-18,27-28,31-34,39-54H,9-10H2,1-6H3/t17-,18-,27-,28-,31+,32+,33-,34-,39?,40?,41+,42+/m1/s1. The maximum atomic E-state index is 11.9. The molecule has 4 aromatic carbocycles. The van der Waals surface area contributed by atoms with Crippen LogP contribution in [0.2, 0.25) is 0 Å². The first-order valence-electron chi connectivity index (χ1n) is 19.7. The first-order valence-corrected chi connectivity index (χ1v) is 19.7. The van der Waals surface area contributed by atoms with E-state index in [0.29, 0.717) is 54.9 Å². The van der Waals surface area contributed by atoms with Gasteiger partial charge < -0.3 is 89.7 Å². The van der Waals surface area contributed by atoms with E-state index in [4.69, 9.17) is 28.4 Å². The molecule has 18 heteroatoms. The molecule has 0 saturated carbocycles. The molecule has 2 fully saturated rings. The van der Waals surface area contributed by atoms with Crippen molar-refractivity contribution < 1.29 is 89.7 Å². The molecule has 0 bridgehead atoms. The molecule has 0 radical (unpaired) electrons. The summed E-state index contributed by atoms with van der Waals surface area (Å²) in [5.74, 6) is -1.92. The summed E-state index contributed by atoms with van der Waals surface area (Å²) in [7, 11) is 0. The monoisotopic (exact) mass is 842 g/mol. The normalized spacial score (nSPS) is 31.0. The Bertz CT molecular complexity index is 2360. The molecule has 4 heterocycles. The lowest BCUT2D eigenvalue weighted by molar-refractivity contribution is -0.278. The molecule has 8 rings (SSSR count). The van der Waals surface area contributed by atoms with Gasteiger partial charge in [-0.15, -0.1) is 0 Å². The Morgan fingerprint density at radius 1 is 0.550 bits per heavy atom. The van der Waals surface area contributed by atoms with Crippen molar-refractivity contribution in [3.63, 3.8) is 0 Å². The van der Waals surface area contributed by atoms with Gasteiger partial charge in [-0.25, -0.2) is 0 Å². The first kappa shape index (κ1) is 42.4. The second-order valence-electron chi connectivity index (χ2n) is 16.5. The van der Waals surface area contributed by atoms with Crippen LogP contribution in [0.25, 0.3) is 32.7 Å². The predicted octanol–water partition coefficient (Wildman–Crippen LogP) is 1.06. The predicted molar refractivity (Wildman–Crippen MR) is 208 cm³/mol. The van der Waals surface area contributed by atoms with E-state index in [0.717, 1.165) is 0 Å². The third kappa shape index (κ3) is 6.16. The van der Waals surface area contributed by atoms with Crippen LogP contribution in [0.3, 0.4) is 0 Å². The van der Waals surface area contributed by atoms with E-state index in [9.17, 15) is 61.3 Å². The van der Waals surface area contributed by atoms with Crippen LogP contribution < -0.4 is 18.9 Å². The van der Waals surface area contributed by atoms with Gasteiger partial charge >= 0.3 is 0 Å². The maximum Gasteiger partial charge on any atom is 0.229 e. The zero-order valence-electron chi connectivity index (χ0n) is 33.5.